The fourth-order valence-electron chi connectivity index (χ4n) is 0.663. The second-order valence-corrected chi connectivity index (χ2v) is 2.92. The van der Waals surface area contributed by atoms with E-state index in [1.165, 1.54) is 0 Å². The van der Waals surface area contributed by atoms with Crippen molar-refractivity contribution in [2.75, 3.05) is 18.4 Å². The predicted octanol–water partition coefficient (Wildman–Crippen LogP) is 1.96. The molecule has 0 rings (SSSR count). The third-order valence-electron chi connectivity index (χ3n) is 1.28. The molecule has 0 saturated heterocycles. The fourth-order valence-corrected chi connectivity index (χ4v) is 1.09. The minimum absolute atomic E-state index is 0.830. The van der Waals surface area contributed by atoms with Crippen LogP contribution in [0.1, 0.15) is 19.8 Å². The summed E-state index contributed by atoms with van der Waals surface area (Å²) in [6, 6.07) is 0. The summed E-state index contributed by atoms with van der Waals surface area (Å²) in [4.78, 5) is 1.78. The van der Waals surface area contributed by atoms with Crippen LogP contribution in [0.15, 0.2) is 0 Å². The van der Waals surface area contributed by atoms with E-state index < -0.39 is 0 Å². The van der Waals surface area contributed by atoms with E-state index in [0.717, 1.165) is 31.3 Å². The number of unbranched alkanes of at least 4 members (excludes halogenated alkanes) is 1. The Bertz CT molecular complexity index is 109. The maximum atomic E-state index is 8.54. The molecule has 58 valence electrons. The molecule has 0 amide bonds. The number of rotatable bonds is 5. The lowest BCUT2D eigenvalue weighted by atomic mass is 10.3. The highest BCUT2D eigenvalue weighted by atomic mass is 79.9. The van der Waals surface area contributed by atoms with Crippen molar-refractivity contribution in [3.8, 4) is 6.19 Å². The molecule has 0 aromatic heterocycles. The molecular weight excluding hydrogens is 192 g/mol. The van der Waals surface area contributed by atoms with Gasteiger partial charge in [0.15, 0.2) is 6.19 Å². The van der Waals surface area contributed by atoms with Crippen molar-refractivity contribution in [3.63, 3.8) is 0 Å². The van der Waals surface area contributed by atoms with Crippen molar-refractivity contribution in [1.82, 2.24) is 4.90 Å². The van der Waals surface area contributed by atoms with E-state index in [0.29, 0.717) is 0 Å². The van der Waals surface area contributed by atoms with Gasteiger partial charge in [0.05, 0.1) is 0 Å². The Hall–Kier alpha value is -0.230. The molecule has 0 aliphatic heterocycles. The summed E-state index contributed by atoms with van der Waals surface area (Å²) in [5, 5.41) is 9.42. The third kappa shape index (κ3) is 4.63. The van der Waals surface area contributed by atoms with E-state index >= 15 is 0 Å². The molecule has 0 aliphatic rings. The molecule has 0 fully saturated rings. The zero-order valence-corrected chi connectivity index (χ0v) is 7.89. The van der Waals surface area contributed by atoms with Gasteiger partial charge in [0, 0.05) is 18.4 Å². The van der Waals surface area contributed by atoms with Gasteiger partial charge in [-0.2, -0.15) is 5.26 Å². The number of alkyl halides is 1. The van der Waals surface area contributed by atoms with E-state index in [1.54, 1.807) is 4.90 Å². The SMILES string of the molecule is CCCCN(C#N)CCBr. The average Bonchev–Trinajstić information content (AvgIpc) is 1.98. The van der Waals surface area contributed by atoms with Crippen LogP contribution in [0.4, 0.5) is 0 Å². The molecule has 0 spiro atoms. The first-order valence-electron chi connectivity index (χ1n) is 3.55. The highest BCUT2D eigenvalue weighted by Gasteiger charge is 1.97. The molecule has 0 aromatic carbocycles. The van der Waals surface area contributed by atoms with E-state index in [1.807, 2.05) is 0 Å². The lowest BCUT2D eigenvalue weighted by molar-refractivity contribution is 0.406. The maximum absolute atomic E-state index is 8.54. The van der Waals surface area contributed by atoms with Gasteiger partial charge in [0.25, 0.3) is 0 Å². The number of hydrogen-bond acceptors (Lipinski definition) is 2. The molecule has 0 aliphatic carbocycles. The standard InChI is InChI=1S/C7H13BrN2/c1-2-3-5-10(7-9)6-4-8/h2-6H2,1H3. The van der Waals surface area contributed by atoms with Crippen LogP contribution in [-0.2, 0) is 0 Å². The van der Waals surface area contributed by atoms with Crippen molar-refractivity contribution >= 4 is 15.9 Å². The molecule has 0 unspecified atom stereocenters. The minimum Gasteiger partial charge on any atom is -0.310 e. The molecule has 0 heterocycles. The van der Waals surface area contributed by atoms with Crippen molar-refractivity contribution in [2.24, 2.45) is 0 Å². The molecule has 0 N–H and O–H groups in total. The first-order chi connectivity index (χ1) is 4.85. The minimum atomic E-state index is 0.830. The van der Waals surface area contributed by atoms with Gasteiger partial charge in [0.1, 0.15) is 0 Å². The van der Waals surface area contributed by atoms with Gasteiger partial charge in [-0.1, -0.05) is 29.3 Å². The van der Waals surface area contributed by atoms with Crippen molar-refractivity contribution in [2.45, 2.75) is 19.8 Å². The Morgan fingerprint density at radius 2 is 2.20 bits per heavy atom. The second kappa shape index (κ2) is 6.88. The van der Waals surface area contributed by atoms with Crippen molar-refractivity contribution in [1.29, 1.82) is 5.26 Å². The Kier molecular flexibility index (Phi) is 6.73. The average molecular weight is 205 g/mol. The highest BCUT2D eigenvalue weighted by Crippen LogP contribution is 1.93. The van der Waals surface area contributed by atoms with Crippen molar-refractivity contribution in [3.05, 3.63) is 0 Å². The summed E-state index contributed by atoms with van der Waals surface area (Å²) in [6.45, 7) is 3.86. The monoisotopic (exact) mass is 204 g/mol. The van der Waals surface area contributed by atoms with Gasteiger partial charge in [0.2, 0.25) is 0 Å². The van der Waals surface area contributed by atoms with Crippen LogP contribution in [0.5, 0.6) is 0 Å². The zero-order valence-electron chi connectivity index (χ0n) is 6.31. The third-order valence-corrected chi connectivity index (χ3v) is 1.63. The van der Waals surface area contributed by atoms with Gasteiger partial charge < -0.3 is 4.90 Å². The zero-order chi connectivity index (χ0) is 7.82. The quantitative estimate of drug-likeness (QED) is 0.389. The number of nitrogens with zero attached hydrogens (tertiary/aromatic N) is 2. The van der Waals surface area contributed by atoms with Crippen LogP contribution in [0, 0.1) is 11.5 Å². The lowest BCUT2D eigenvalue weighted by Crippen LogP contribution is -2.20. The number of nitriles is 1. The lowest BCUT2D eigenvalue weighted by Gasteiger charge is -2.12. The second-order valence-electron chi connectivity index (χ2n) is 2.13. The molecule has 0 bridgehead atoms. The molecule has 10 heavy (non-hydrogen) atoms. The van der Waals surface area contributed by atoms with Crippen LogP contribution >= 0.6 is 15.9 Å². The van der Waals surface area contributed by atoms with Gasteiger partial charge in [-0.3, -0.25) is 0 Å². The largest absolute Gasteiger partial charge is 0.310 e. The number of halogens is 1. The Morgan fingerprint density at radius 3 is 2.60 bits per heavy atom. The number of hydrogen-bond donors (Lipinski definition) is 0. The first kappa shape index (κ1) is 9.77. The summed E-state index contributed by atoms with van der Waals surface area (Å²) in [6.07, 6.45) is 4.41. The van der Waals surface area contributed by atoms with Crippen LogP contribution < -0.4 is 0 Å². The van der Waals surface area contributed by atoms with E-state index in [2.05, 4.69) is 29.0 Å². The van der Waals surface area contributed by atoms with Gasteiger partial charge >= 0.3 is 0 Å². The summed E-state index contributed by atoms with van der Waals surface area (Å²) in [5.41, 5.74) is 0. The maximum Gasteiger partial charge on any atom is 0.179 e. The van der Waals surface area contributed by atoms with Crippen LogP contribution in [0.3, 0.4) is 0 Å². The van der Waals surface area contributed by atoms with E-state index in [9.17, 15) is 0 Å². The Morgan fingerprint density at radius 1 is 1.50 bits per heavy atom. The molecule has 0 atom stereocenters. The van der Waals surface area contributed by atoms with Crippen LogP contribution in [-0.4, -0.2) is 23.3 Å². The van der Waals surface area contributed by atoms with E-state index in [4.69, 9.17) is 5.26 Å². The van der Waals surface area contributed by atoms with Crippen molar-refractivity contribution < 1.29 is 0 Å². The highest BCUT2D eigenvalue weighted by molar-refractivity contribution is 9.09. The predicted molar refractivity (Wildman–Crippen MR) is 45.9 cm³/mol. The molecule has 3 heteroatoms. The molecule has 0 radical (unpaired) electrons. The van der Waals surface area contributed by atoms with Gasteiger partial charge in [-0.15, -0.1) is 0 Å². The van der Waals surface area contributed by atoms with Gasteiger partial charge in [-0.25, -0.2) is 0 Å². The summed E-state index contributed by atoms with van der Waals surface area (Å²) in [7, 11) is 0. The molecule has 2 nitrogen and oxygen atoms in total. The van der Waals surface area contributed by atoms with E-state index in [-0.39, 0.29) is 0 Å². The van der Waals surface area contributed by atoms with Crippen LogP contribution in [0.25, 0.3) is 0 Å². The smallest absolute Gasteiger partial charge is 0.179 e. The molecular formula is C7H13BrN2. The topological polar surface area (TPSA) is 27.0 Å². The summed E-state index contributed by atoms with van der Waals surface area (Å²) < 4.78 is 0. The molecule has 0 saturated carbocycles. The Labute approximate surface area is 70.9 Å². The Balaban J connectivity index is 3.33. The van der Waals surface area contributed by atoms with Gasteiger partial charge in [-0.05, 0) is 6.42 Å². The summed E-state index contributed by atoms with van der Waals surface area (Å²) in [5.74, 6) is 0. The van der Waals surface area contributed by atoms with Crippen LogP contribution in [0.2, 0.25) is 0 Å². The fraction of sp³-hybridized carbons (Fsp3) is 0.857. The molecule has 0 aromatic rings. The summed E-state index contributed by atoms with van der Waals surface area (Å²) >= 11 is 3.29. The normalized spacial score (nSPS) is 8.90. The first-order valence-corrected chi connectivity index (χ1v) is 4.68.